The maximum atomic E-state index is 6.01. The Labute approximate surface area is 270 Å². The number of rotatable bonds is 32. The molecule has 0 fully saturated rings. The summed E-state index contributed by atoms with van der Waals surface area (Å²) >= 11 is 1.68. The Morgan fingerprint density at radius 2 is 0.721 bits per heavy atom. The van der Waals surface area contributed by atoms with Crippen LogP contribution < -0.4 is 0 Å². The van der Waals surface area contributed by atoms with Crippen LogP contribution in [0.1, 0.15) is 179 Å². The molecular weight excluding hydrogens is 548 g/mol. The lowest BCUT2D eigenvalue weighted by Gasteiger charge is -2.10. The Kier molecular flexibility index (Phi) is 25.2. The van der Waals surface area contributed by atoms with Gasteiger partial charge in [-0.15, -0.1) is 11.3 Å². The van der Waals surface area contributed by atoms with Gasteiger partial charge in [0.2, 0.25) is 0 Å². The summed E-state index contributed by atoms with van der Waals surface area (Å²) in [6.07, 6.45) is 34.7. The van der Waals surface area contributed by atoms with Gasteiger partial charge in [-0.05, 0) is 12.8 Å². The molecule has 0 aromatic carbocycles. The number of hydrogen-bond donors (Lipinski definition) is 0. The SMILES string of the molecule is CCCCCCCCCCCCCCOCCc1nc2cscc2nc1CCOCCCCCCCCCCCCCC. The fourth-order valence-corrected chi connectivity index (χ4v) is 6.58. The van der Waals surface area contributed by atoms with Gasteiger partial charge in [-0.3, -0.25) is 0 Å². The number of thiophene rings is 1. The minimum atomic E-state index is 0.731. The monoisotopic (exact) mass is 617 g/mol. The van der Waals surface area contributed by atoms with Crippen LogP contribution in [0.4, 0.5) is 0 Å². The molecule has 0 aliphatic heterocycles. The van der Waals surface area contributed by atoms with Crippen molar-refractivity contribution >= 4 is 22.4 Å². The van der Waals surface area contributed by atoms with Crippen LogP contribution in [0.15, 0.2) is 10.8 Å². The van der Waals surface area contributed by atoms with E-state index in [2.05, 4.69) is 24.6 Å². The van der Waals surface area contributed by atoms with Gasteiger partial charge < -0.3 is 9.47 Å². The molecule has 2 rings (SSSR count). The van der Waals surface area contributed by atoms with Crippen LogP contribution >= 0.6 is 11.3 Å². The van der Waals surface area contributed by atoms with Gasteiger partial charge in [0.15, 0.2) is 0 Å². The largest absolute Gasteiger partial charge is 0.381 e. The third kappa shape index (κ3) is 20.6. The van der Waals surface area contributed by atoms with Crippen molar-refractivity contribution in [1.82, 2.24) is 9.97 Å². The van der Waals surface area contributed by atoms with E-state index in [1.165, 1.54) is 154 Å². The maximum absolute atomic E-state index is 6.01. The Morgan fingerprint density at radius 1 is 0.419 bits per heavy atom. The topological polar surface area (TPSA) is 44.2 Å². The zero-order valence-corrected chi connectivity index (χ0v) is 29.3. The summed E-state index contributed by atoms with van der Waals surface area (Å²) in [6, 6.07) is 0. The number of aromatic nitrogens is 2. The zero-order valence-electron chi connectivity index (χ0n) is 28.5. The summed E-state index contributed by atoms with van der Waals surface area (Å²) < 4.78 is 12.0. The van der Waals surface area contributed by atoms with Gasteiger partial charge in [0.05, 0.1) is 35.6 Å². The van der Waals surface area contributed by atoms with E-state index in [9.17, 15) is 0 Å². The number of unbranched alkanes of at least 4 members (excludes halogenated alkanes) is 22. The van der Waals surface area contributed by atoms with Gasteiger partial charge in [0.25, 0.3) is 0 Å². The minimum absolute atomic E-state index is 0.731. The first-order valence-corrected chi connectivity index (χ1v) is 19.7. The molecule has 2 aromatic rings. The van der Waals surface area contributed by atoms with E-state index in [-0.39, 0.29) is 0 Å². The number of hydrogen-bond acceptors (Lipinski definition) is 5. The highest BCUT2D eigenvalue weighted by Crippen LogP contribution is 2.19. The Bertz CT molecular complexity index is 803. The van der Waals surface area contributed by atoms with E-state index < -0.39 is 0 Å². The molecule has 5 heteroatoms. The molecule has 0 atom stereocenters. The first kappa shape index (κ1) is 38.1. The lowest BCUT2D eigenvalue weighted by atomic mass is 10.1. The highest BCUT2D eigenvalue weighted by Gasteiger charge is 2.10. The van der Waals surface area contributed by atoms with E-state index in [0.29, 0.717) is 0 Å². The van der Waals surface area contributed by atoms with Gasteiger partial charge in [-0.1, -0.05) is 155 Å². The molecular formula is C38H68N2O2S. The van der Waals surface area contributed by atoms with Crippen LogP contribution in [0, 0.1) is 0 Å². The van der Waals surface area contributed by atoms with Gasteiger partial charge in [0, 0.05) is 36.8 Å². The molecule has 248 valence electrons. The average Bonchev–Trinajstić information content (AvgIpc) is 3.48. The molecule has 0 N–H and O–H groups in total. The molecule has 2 aromatic heterocycles. The molecule has 0 unspecified atom stereocenters. The lowest BCUT2D eigenvalue weighted by Crippen LogP contribution is -2.10. The van der Waals surface area contributed by atoms with Gasteiger partial charge in [-0.25, -0.2) is 9.97 Å². The molecule has 0 radical (unpaired) electrons. The van der Waals surface area contributed by atoms with Crippen molar-refractivity contribution in [2.45, 2.75) is 181 Å². The van der Waals surface area contributed by atoms with Gasteiger partial charge in [0.1, 0.15) is 0 Å². The predicted molar refractivity (Wildman–Crippen MR) is 189 cm³/mol. The summed E-state index contributed by atoms with van der Waals surface area (Å²) in [5, 5.41) is 4.21. The van der Waals surface area contributed by atoms with Crippen LogP contribution in [0.2, 0.25) is 0 Å². The fraction of sp³-hybridized carbons (Fsp3) is 0.842. The summed E-state index contributed by atoms with van der Waals surface area (Å²) in [4.78, 5) is 9.88. The zero-order chi connectivity index (χ0) is 30.5. The highest BCUT2D eigenvalue weighted by atomic mass is 32.1. The minimum Gasteiger partial charge on any atom is -0.381 e. The van der Waals surface area contributed by atoms with Crippen molar-refractivity contribution in [3.8, 4) is 0 Å². The second-order valence-corrected chi connectivity index (χ2v) is 13.5. The third-order valence-corrected chi connectivity index (χ3v) is 9.44. The van der Waals surface area contributed by atoms with Gasteiger partial charge in [-0.2, -0.15) is 0 Å². The molecule has 0 saturated heterocycles. The normalized spacial score (nSPS) is 11.7. The second kappa shape index (κ2) is 28.4. The van der Waals surface area contributed by atoms with E-state index in [4.69, 9.17) is 19.4 Å². The summed E-state index contributed by atoms with van der Waals surface area (Å²) in [5.41, 5.74) is 4.22. The Hall–Kier alpha value is -1.04. The third-order valence-electron chi connectivity index (χ3n) is 8.72. The molecule has 43 heavy (non-hydrogen) atoms. The van der Waals surface area contributed by atoms with Crippen LogP contribution in [-0.2, 0) is 22.3 Å². The molecule has 0 amide bonds. The highest BCUT2D eigenvalue weighted by molar-refractivity contribution is 7.09. The number of fused-ring (bicyclic) bond motifs is 1. The van der Waals surface area contributed by atoms with Crippen LogP contribution in [0.25, 0.3) is 11.0 Å². The summed E-state index contributed by atoms with van der Waals surface area (Å²) in [6.45, 7) is 7.77. The predicted octanol–water partition coefficient (Wildman–Crippen LogP) is 12.2. The van der Waals surface area contributed by atoms with E-state index in [1.54, 1.807) is 11.3 Å². The van der Waals surface area contributed by atoms with Crippen LogP contribution in [0.5, 0.6) is 0 Å². The maximum Gasteiger partial charge on any atom is 0.0997 e. The van der Waals surface area contributed by atoms with Crippen molar-refractivity contribution in [3.05, 3.63) is 22.1 Å². The van der Waals surface area contributed by atoms with Crippen molar-refractivity contribution in [1.29, 1.82) is 0 Å². The van der Waals surface area contributed by atoms with Gasteiger partial charge >= 0.3 is 0 Å². The fourth-order valence-electron chi connectivity index (χ4n) is 5.90. The molecule has 0 spiro atoms. The molecule has 2 heterocycles. The van der Waals surface area contributed by atoms with Crippen molar-refractivity contribution in [3.63, 3.8) is 0 Å². The molecule has 0 bridgehead atoms. The second-order valence-electron chi connectivity index (χ2n) is 12.8. The van der Waals surface area contributed by atoms with E-state index in [1.807, 2.05) is 0 Å². The smallest absolute Gasteiger partial charge is 0.0997 e. The van der Waals surface area contributed by atoms with E-state index >= 15 is 0 Å². The quantitative estimate of drug-likeness (QED) is 0.0767. The Morgan fingerprint density at radius 3 is 1.05 bits per heavy atom. The molecule has 0 aliphatic rings. The Balaban J connectivity index is 1.47. The molecule has 4 nitrogen and oxygen atoms in total. The summed E-state index contributed by atoms with van der Waals surface area (Å²) in [7, 11) is 0. The van der Waals surface area contributed by atoms with E-state index in [0.717, 1.165) is 61.7 Å². The van der Waals surface area contributed by atoms with Crippen LogP contribution in [0.3, 0.4) is 0 Å². The van der Waals surface area contributed by atoms with Crippen molar-refractivity contribution in [2.75, 3.05) is 26.4 Å². The van der Waals surface area contributed by atoms with Crippen LogP contribution in [-0.4, -0.2) is 36.4 Å². The van der Waals surface area contributed by atoms with Crippen molar-refractivity contribution in [2.24, 2.45) is 0 Å². The van der Waals surface area contributed by atoms with Crippen molar-refractivity contribution < 1.29 is 9.47 Å². The number of ether oxygens (including phenoxy) is 2. The molecule has 0 saturated carbocycles. The standard InChI is InChI=1S/C38H68N2O2S/c1-3-5-7-9-11-13-15-17-19-21-23-25-29-41-31-27-35-36(40-38-34-43-33-37(38)39-35)28-32-42-30-26-24-22-20-18-16-14-12-10-8-6-4-2/h33-34H,3-32H2,1-2H3. The molecule has 0 aliphatic carbocycles. The lowest BCUT2D eigenvalue weighted by molar-refractivity contribution is 0.128. The first-order chi connectivity index (χ1) is 21.3. The summed E-state index contributed by atoms with van der Waals surface area (Å²) in [5.74, 6) is 0. The average molecular weight is 617 g/mol. The number of nitrogens with zero attached hydrogens (tertiary/aromatic N) is 2. The first-order valence-electron chi connectivity index (χ1n) is 18.7.